The summed E-state index contributed by atoms with van der Waals surface area (Å²) in [6.45, 7) is 0.557. The largest absolute Gasteiger partial charge is 0.335 e. The van der Waals surface area contributed by atoms with E-state index in [-0.39, 0.29) is 6.03 Å². The van der Waals surface area contributed by atoms with Crippen LogP contribution in [0.4, 0.5) is 4.79 Å². The van der Waals surface area contributed by atoms with Gasteiger partial charge >= 0.3 is 6.03 Å². The molecule has 0 aliphatic heterocycles. The van der Waals surface area contributed by atoms with E-state index in [0.29, 0.717) is 17.8 Å². The maximum absolute atomic E-state index is 12.2. The fourth-order valence-electron chi connectivity index (χ4n) is 2.70. The van der Waals surface area contributed by atoms with Crippen LogP contribution in [0.15, 0.2) is 29.2 Å². The molecule has 122 valence electrons. The van der Waals surface area contributed by atoms with Crippen molar-refractivity contribution < 1.29 is 9.00 Å². The van der Waals surface area contributed by atoms with Crippen LogP contribution in [0.3, 0.4) is 0 Å². The molecule has 0 unspecified atom stereocenters. The Labute approximate surface area is 139 Å². The van der Waals surface area contributed by atoms with Crippen molar-refractivity contribution in [3.05, 3.63) is 29.8 Å². The summed E-state index contributed by atoms with van der Waals surface area (Å²) in [5, 5.41) is 3.80. The number of rotatable bonds is 5. The first-order chi connectivity index (χ1) is 10.5. The van der Waals surface area contributed by atoms with Crippen LogP contribution in [-0.4, -0.2) is 46.0 Å². The molecule has 0 aromatic heterocycles. The molecule has 2 rings (SSSR count). The number of benzene rings is 1. The highest BCUT2D eigenvalue weighted by molar-refractivity contribution is 7.99. The van der Waals surface area contributed by atoms with Crippen molar-refractivity contribution in [1.29, 1.82) is 0 Å². The summed E-state index contributed by atoms with van der Waals surface area (Å²) < 4.78 is 11.4. The van der Waals surface area contributed by atoms with E-state index in [2.05, 4.69) is 11.6 Å². The van der Waals surface area contributed by atoms with Crippen LogP contribution in [0.2, 0.25) is 0 Å². The number of thioether (sulfide) groups is 1. The molecule has 1 saturated carbocycles. The van der Waals surface area contributed by atoms with Gasteiger partial charge in [0.1, 0.15) is 0 Å². The van der Waals surface area contributed by atoms with Crippen LogP contribution in [-0.2, 0) is 17.3 Å². The van der Waals surface area contributed by atoms with Gasteiger partial charge < -0.3 is 10.2 Å². The van der Waals surface area contributed by atoms with E-state index in [4.69, 9.17) is 0 Å². The van der Waals surface area contributed by atoms with Gasteiger partial charge in [-0.25, -0.2) is 4.79 Å². The predicted octanol–water partition coefficient (Wildman–Crippen LogP) is 2.85. The third-order valence-electron chi connectivity index (χ3n) is 4.07. The van der Waals surface area contributed by atoms with Gasteiger partial charge in [0.25, 0.3) is 0 Å². The summed E-state index contributed by atoms with van der Waals surface area (Å²) in [7, 11) is 0.846. The molecule has 22 heavy (non-hydrogen) atoms. The molecule has 1 N–H and O–H groups in total. The Morgan fingerprint density at radius 1 is 1.36 bits per heavy atom. The zero-order valence-electron chi connectivity index (χ0n) is 13.4. The molecular weight excluding hydrogens is 316 g/mol. The molecule has 1 aliphatic carbocycles. The molecule has 6 heteroatoms. The lowest BCUT2D eigenvalue weighted by Gasteiger charge is -2.21. The maximum atomic E-state index is 12.2. The van der Waals surface area contributed by atoms with E-state index >= 15 is 0 Å². The second-order valence-electron chi connectivity index (χ2n) is 5.77. The lowest BCUT2D eigenvalue weighted by molar-refractivity contribution is 0.203. The van der Waals surface area contributed by atoms with Crippen molar-refractivity contribution >= 4 is 28.6 Å². The normalized spacial score (nSPS) is 22.3. The van der Waals surface area contributed by atoms with Crippen LogP contribution in [0, 0.1) is 0 Å². The Bertz CT molecular complexity index is 533. The molecule has 2 amide bonds. The highest BCUT2D eigenvalue weighted by Crippen LogP contribution is 2.28. The Hall–Kier alpha value is -1.01. The molecule has 0 bridgehead atoms. The van der Waals surface area contributed by atoms with Crippen molar-refractivity contribution in [2.24, 2.45) is 0 Å². The Kier molecular flexibility index (Phi) is 6.32. The first kappa shape index (κ1) is 17.3. The molecule has 0 saturated heterocycles. The molecule has 1 aromatic rings. The number of carbonyl (C=O) groups is 1. The van der Waals surface area contributed by atoms with E-state index < -0.39 is 10.8 Å². The first-order valence-corrected chi connectivity index (χ1v) is 10.3. The first-order valence-electron chi connectivity index (χ1n) is 7.46. The van der Waals surface area contributed by atoms with Gasteiger partial charge in [-0.2, -0.15) is 11.8 Å². The SMILES string of the molecule is CS[C@@H]1CC[C@H](NC(=O)N(C)Cc2ccc([S@](C)=O)cc2)C1. The number of hydrogen-bond donors (Lipinski definition) is 1. The van der Waals surface area contributed by atoms with E-state index in [1.807, 2.05) is 43.1 Å². The third kappa shape index (κ3) is 4.74. The lowest BCUT2D eigenvalue weighted by atomic mass is 10.2. The number of urea groups is 1. The minimum atomic E-state index is -0.961. The molecule has 1 aliphatic rings. The number of carbonyl (C=O) groups excluding carboxylic acids is 1. The molecule has 0 radical (unpaired) electrons. The van der Waals surface area contributed by atoms with Gasteiger partial charge in [0.2, 0.25) is 0 Å². The zero-order valence-corrected chi connectivity index (χ0v) is 15.0. The van der Waals surface area contributed by atoms with Gasteiger partial charge in [-0.3, -0.25) is 4.21 Å². The van der Waals surface area contributed by atoms with Gasteiger partial charge in [-0.05, 0) is 43.2 Å². The smallest absolute Gasteiger partial charge is 0.317 e. The fourth-order valence-corrected chi connectivity index (χ4v) is 4.02. The molecule has 4 nitrogen and oxygen atoms in total. The summed E-state index contributed by atoms with van der Waals surface area (Å²) in [5.41, 5.74) is 1.04. The molecule has 1 aromatic carbocycles. The number of nitrogens with zero attached hydrogens (tertiary/aromatic N) is 1. The monoisotopic (exact) mass is 340 g/mol. The van der Waals surface area contributed by atoms with Gasteiger partial charge in [0.05, 0.1) is 0 Å². The van der Waals surface area contributed by atoms with Crippen molar-refractivity contribution in [2.45, 2.75) is 42.0 Å². The average molecular weight is 341 g/mol. The van der Waals surface area contributed by atoms with Crippen LogP contribution in [0.1, 0.15) is 24.8 Å². The van der Waals surface area contributed by atoms with Gasteiger partial charge in [-0.15, -0.1) is 0 Å². The lowest BCUT2D eigenvalue weighted by Crippen LogP contribution is -2.41. The summed E-state index contributed by atoms with van der Waals surface area (Å²) in [6, 6.07) is 7.86. The standard InChI is InChI=1S/C16H24N2O2S2/c1-18(11-12-4-8-15(9-5-12)22(3)20)16(19)17-13-6-7-14(10-13)21-2/h4-5,8-9,13-14H,6-7,10-11H2,1-3H3,(H,17,19)/t13-,14+,22-/m0/s1. The number of hydrogen-bond acceptors (Lipinski definition) is 3. The van der Waals surface area contributed by atoms with Crippen LogP contribution < -0.4 is 5.32 Å². The number of amides is 2. The fraction of sp³-hybridized carbons (Fsp3) is 0.562. The highest BCUT2D eigenvalue weighted by Gasteiger charge is 2.25. The van der Waals surface area contributed by atoms with Crippen molar-refractivity contribution in [1.82, 2.24) is 10.2 Å². The van der Waals surface area contributed by atoms with Gasteiger partial charge in [0.15, 0.2) is 0 Å². The van der Waals surface area contributed by atoms with Crippen molar-refractivity contribution in [2.75, 3.05) is 19.6 Å². The average Bonchev–Trinajstić information content (AvgIpc) is 2.95. The second-order valence-corrected chi connectivity index (χ2v) is 8.29. The van der Waals surface area contributed by atoms with Gasteiger partial charge in [0, 0.05) is 46.8 Å². The molecule has 0 heterocycles. The summed E-state index contributed by atoms with van der Waals surface area (Å²) in [6.07, 6.45) is 7.12. The van der Waals surface area contributed by atoms with Crippen LogP contribution in [0.5, 0.6) is 0 Å². The van der Waals surface area contributed by atoms with E-state index in [0.717, 1.165) is 23.3 Å². The Morgan fingerprint density at radius 2 is 2.05 bits per heavy atom. The third-order valence-corrected chi connectivity index (χ3v) is 6.10. The molecule has 1 fully saturated rings. The van der Waals surface area contributed by atoms with E-state index in [1.54, 1.807) is 11.2 Å². The predicted molar refractivity (Wildman–Crippen MR) is 93.7 cm³/mol. The van der Waals surface area contributed by atoms with Crippen molar-refractivity contribution in [3.8, 4) is 0 Å². The molecule has 0 spiro atoms. The van der Waals surface area contributed by atoms with Gasteiger partial charge in [-0.1, -0.05) is 12.1 Å². The number of nitrogens with one attached hydrogen (secondary N) is 1. The van der Waals surface area contributed by atoms with Crippen LogP contribution >= 0.6 is 11.8 Å². The second kappa shape index (κ2) is 8.02. The highest BCUT2D eigenvalue weighted by atomic mass is 32.2. The molecular formula is C16H24N2O2S2. The quantitative estimate of drug-likeness (QED) is 0.897. The van der Waals surface area contributed by atoms with E-state index in [1.165, 1.54) is 6.42 Å². The zero-order chi connectivity index (χ0) is 16.1. The molecule has 3 atom stereocenters. The topological polar surface area (TPSA) is 49.4 Å². The Balaban J connectivity index is 1.84. The Morgan fingerprint density at radius 3 is 2.59 bits per heavy atom. The summed E-state index contributed by atoms with van der Waals surface area (Å²) >= 11 is 1.89. The summed E-state index contributed by atoms with van der Waals surface area (Å²) in [4.78, 5) is 14.7. The minimum absolute atomic E-state index is 0.0186. The maximum Gasteiger partial charge on any atom is 0.317 e. The minimum Gasteiger partial charge on any atom is -0.335 e. The van der Waals surface area contributed by atoms with Crippen molar-refractivity contribution in [3.63, 3.8) is 0 Å². The van der Waals surface area contributed by atoms with Crippen LogP contribution in [0.25, 0.3) is 0 Å². The van der Waals surface area contributed by atoms with E-state index in [9.17, 15) is 9.00 Å². The summed E-state index contributed by atoms with van der Waals surface area (Å²) in [5.74, 6) is 0.